The van der Waals surface area contributed by atoms with Gasteiger partial charge in [0.25, 0.3) is 5.91 Å². The Kier molecular flexibility index (Phi) is 6.12. The molecule has 2 fully saturated rings. The first-order valence-corrected chi connectivity index (χ1v) is 9.59. The molecule has 6 nitrogen and oxygen atoms in total. The van der Waals surface area contributed by atoms with Crippen molar-refractivity contribution in [1.82, 2.24) is 19.6 Å². The molecule has 0 saturated carbocycles. The Hall–Kier alpha value is -1.40. The van der Waals surface area contributed by atoms with E-state index in [1.807, 2.05) is 32.0 Å². The first-order chi connectivity index (χ1) is 12.0. The highest BCUT2D eigenvalue weighted by molar-refractivity contribution is 5.92. The maximum Gasteiger partial charge on any atom is 0.274 e. The molecule has 2 aliphatic rings. The van der Waals surface area contributed by atoms with E-state index < -0.39 is 0 Å². The van der Waals surface area contributed by atoms with Crippen molar-refractivity contribution in [1.29, 1.82) is 0 Å². The molecular formula is C19H32N4O2. The van der Waals surface area contributed by atoms with Crippen molar-refractivity contribution < 1.29 is 9.53 Å². The lowest BCUT2D eigenvalue weighted by Crippen LogP contribution is -2.41. The van der Waals surface area contributed by atoms with Crippen LogP contribution in [0.1, 0.15) is 41.9 Å². The third-order valence-corrected chi connectivity index (χ3v) is 5.78. The van der Waals surface area contributed by atoms with Crippen LogP contribution in [-0.4, -0.2) is 71.9 Å². The van der Waals surface area contributed by atoms with Crippen molar-refractivity contribution in [2.45, 2.75) is 32.6 Å². The van der Waals surface area contributed by atoms with Crippen LogP contribution in [-0.2, 0) is 11.8 Å². The number of likely N-dealkylation sites (tertiary alicyclic amines) is 1. The molecule has 140 valence electrons. The Labute approximate surface area is 151 Å². The highest BCUT2D eigenvalue weighted by Crippen LogP contribution is 2.22. The van der Waals surface area contributed by atoms with E-state index in [2.05, 4.69) is 10.00 Å². The predicted octanol–water partition coefficient (Wildman–Crippen LogP) is 1.94. The van der Waals surface area contributed by atoms with Gasteiger partial charge in [-0.25, -0.2) is 0 Å². The summed E-state index contributed by atoms with van der Waals surface area (Å²) in [5, 5.41) is 4.31. The fourth-order valence-electron chi connectivity index (χ4n) is 3.98. The second-order valence-electron chi connectivity index (χ2n) is 7.78. The molecule has 6 heteroatoms. The highest BCUT2D eigenvalue weighted by Gasteiger charge is 2.25. The Morgan fingerprint density at radius 3 is 2.52 bits per heavy atom. The minimum absolute atomic E-state index is 0.0355. The van der Waals surface area contributed by atoms with Crippen molar-refractivity contribution in [2.24, 2.45) is 18.9 Å². The number of amides is 1. The summed E-state index contributed by atoms with van der Waals surface area (Å²) in [6.07, 6.45) is 4.78. The number of hydrogen-bond acceptors (Lipinski definition) is 4. The molecule has 3 rings (SSSR count). The van der Waals surface area contributed by atoms with Crippen LogP contribution in [0.2, 0.25) is 0 Å². The summed E-state index contributed by atoms with van der Waals surface area (Å²) in [7, 11) is 3.78. The molecular weight excluding hydrogens is 316 g/mol. The second-order valence-corrected chi connectivity index (χ2v) is 7.78. The Morgan fingerprint density at radius 1 is 1.24 bits per heavy atom. The fraction of sp³-hybridized carbons (Fsp3) is 0.789. The van der Waals surface area contributed by atoms with Gasteiger partial charge in [-0.2, -0.15) is 5.10 Å². The lowest BCUT2D eigenvalue weighted by molar-refractivity contribution is 0.0449. The zero-order chi connectivity index (χ0) is 17.8. The number of carbonyl (C=O) groups excluding carboxylic acids is 1. The smallest absolute Gasteiger partial charge is 0.274 e. The summed E-state index contributed by atoms with van der Waals surface area (Å²) in [5.41, 5.74) is 1.57. The van der Waals surface area contributed by atoms with Crippen molar-refractivity contribution in [2.75, 3.05) is 46.4 Å². The van der Waals surface area contributed by atoms with Gasteiger partial charge in [0.15, 0.2) is 5.69 Å². The predicted molar refractivity (Wildman–Crippen MR) is 97.6 cm³/mol. The van der Waals surface area contributed by atoms with E-state index in [4.69, 9.17) is 4.74 Å². The summed E-state index contributed by atoms with van der Waals surface area (Å²) < 4.78 is 7.21. The number of piperidine rings is 1. The third kappa shape index (κ3) is 4.82. The van der Waals surface area contributed by atoms with E-state index >= 15 is 0 Å². The molecule has 1 amide bonds. The number of ether oxygens (including phenoxy) is 1. The standard InChI is InChI=1S/C19H32N4O2/c1-15-12-18(20-22(15)3)19(24)21(2)13-16-4-8-23(9-5-16)14-17-6-10-25-11-7-17/h12,16-17H,4-11,13-14H2,1-3H3. The summed E-state index contributed by atoms with van der Waals surface area (Å²) in [4.78, 5) is 17.0. The second kappa shape index (κ2) is 8.32. The van der Waals surface area contributed by atoms with E-state index in [0.29, 0.717) is 11.6 Å². The van der Waals surface area contributed by atoms with Gasteiger partial charge in [-0.1, -0.05) is 0 Å². The van der Waals surface area contributed by atoms with E-state index in [1.165, 1.54) is 32.2 Å². The van der Waals surface area contributed by atoms with E-state index in [9.17, 15) is 4.79 Å². The number of aromatic nitrogens is 2. The maximum atomic E-state index is 12.5. The van der Waals surface area contributed by atoms with E-state index in [1.54, 1.807) is 4.68 Å². The van der Waals surface area contributed by atoms with Gasteiger partial charge in [0.2, 0.25) is 0 Å². The van der Waals surface area contributed by atoms with Gasteiger partial charge >= 0.3 is 0 Å². The van der Waals surface area contributed by atoms with Gasteiger partial charge in [-0.05, 0) is 63.6 Å². The van der Waals surface area contributed by atoms with Crippen LogP contribution in [0.4, 0.5) is 0 Å². The summed E-state index contributed by atoms with van der Waals surface area (Å²) in [6.45, 7) is 8.21. The van der Waals surface area contributed by atoms with Gasteiger partial charge < -0.3 is 14.5 Å². The van der Waals surface area contributed by atoms with Gasteiger partial charge in [-0.3, -0.25) is 9.48 Å². The van der Waals surface area contributed by atoms with Crippen LogP contribution in [0.15, 0.2) is 6.07 Å². The van der Waals surface area contributed by atoms with Crippen molar-refractivity contribution in [3.63, 3.8) is 0 Å². The highest BCUT2D eigenvalue weighted by atomic mass is 16.5. The summed E-state index contributed by atoms with van der Waals surface area (Å²) >= 11 is 0. The monoisotopic (exact) mass is 348 g/mol. The van der Waals surface area contributed by atoms with Crippen LogP contribution in [0.5, 0.6) is 0 Å². The van der Waals surface area contributed by atoms with Crippen molar-refractivity contribution >= 4 is 5.91 Å². The average molecular weight is 348 g/mol. The Morgan fingerprint density at radius 2 is 1.92 bits per heavy atom. The molecule has 0 spiro atoms. The van der Waals surface area contributed by atoms with Crippen LogP contribution in [0.25, 0.3) is 0 Å². The molecule has 1 aromatic rings. The minimum Gasteiger partial charge on any atom is -0.381 e. The van der Waals surface area contributed by atoms with Gasteiger partial charge in [0.1, 0.15) is 0 Å². The first kappa shape index (κ1) is 18.4. The van der Waals surface area contributed by atoms with Gasteiger partial charge in [0.05, 0.1) is 0 Å². The number of rotatable bonds is 5. The van der Waals surface area contributed by atoms with E-state index in [-0.39, 0.29) is 5.91 Å². The molecule has 0 radical (unpaired) electrons. The molecule has 0 aromatic carbocycles. The number of aryl methyl sites for hydroxylation is 2. The van der Waals surface area contributed by atoms with Crippen LogP contribution in [0.3, 0.4) is 0 Å². The van der Waals surface area contributed by atoms with Crippen molar-refractivity contribution in [3.8, 4) is 0 Å². The molecule has 3 heterocycles. The summed E-state index contributed by atoms with van der Waals surface area (Å²) in [6, 6.07) is 1.87. The Balaban J connectivity index is 1.42. The van der Waals surface area contributed by atoms with Crippen molar-refractivity contribution in [3.05, 3.63) is 17.5 Å². The SMILES string of the molecule is Cc1cc(C(=O)N(C)CC2CCN(CC3CCOCC3)CC2)nn1C. The molecule has 0 bridgehead atoms. The first-order valence-electron chi connectivity index (χ1n) is 9.59. The fourth-order valence-corrected chi connectivity index (χ4v) is 3.98. The van der Waals surface area contributed by atoms with Crippen LogP contribution >= 0.6 is 0 Å². The normalized spacial score (nSPS) is 20.8. The number of carbonyl (C=O) groups is 1. The maximum absolute atomic E-state index is 12.5. The van der Waals surface area contributed by atoms with Crippen LogP contribution in [0, 0.1) is 18.8 Å². The largest absolute Gasteiger partial charge is 0.381 e. The number of nitrogens with zero attached hydrogens (tertiary/aromatic N) is 4. The quantitative estimate of drug-likeness (QED) is 0.816. The zero-order valence-corrected chi connectivity index (χ0v) is 15.9. The van der Waals surface area contributed by atoms with E-state index in [0.717, 1.165) is 44.5 Å². The summed E-state index contributed by atoms with van der Waals surface area (Å²) in [5.74, 6) is 1.44. The molecule has 0 aliphatic carbocycles. The molecule has 0 atom stereocenters. The number of hydrogen-bond donors (Lipinski definition) is 0. The zero-order valence-electron chi connectivity index (χ0n) is 15.9. The molecule has 1 aromatic heterocycles. The van der Waals surface area contributed by atoms with Gasteiger partial charge in [0, 0.05) is 46.1 Å². The third-order valence-electron chi connectivity index (χ3n) is 5.78. The molecule has 0 unspecified atom stereocenters. The average Bonchev–Trinajstić information content (AvgIpc) is 2.96. The molecule has 2 aliphatic heterocycles. The molecule has 25 heavy (non-hydrogen) atoms. The minimum atomic E-state index is 0.0355. The lowest BCUT2D eigenvalue weighted by atomic mass is 9.93. The lowest BCUT2D eigenvalue weighted by Gasteiger charge is -2.36. The Bertz CT molecular complexity index is 552. The molecule has 0 N–H and O–H groups in total. The topological polar surface area (TPSA) is 50.6 Å². The molecule has 2 saturated heterocycles. The van der Waals surface area contributed by atoms with Crippen LogP contribution < -0.4 is 0 Å². The van der Waals surface area contributed by atoms with Gasteiger partial charge in [-0.15, -0.1) is 0 Å².